The minimum atomic E-state index is -0.275. The number of nitrogens with two attached hydrogens (primary N) is 1. The maximum Gasteiger partial charge on any atom is 0.255 e. The van der Waals surface area contributed by atoms with Crippen molar-refractivity contribution in [1.82, 2.24) is 5.32 Å². The van der Waals surface area contributed by atoms with Crippen LogP contribution >= 0.6 is 12.4 Å². The first-order valence-corrected chi connectivity index (χ1v) is 11.3. The molecule has 3 N–H and O–H groups in total. The zero-order valence-corrected chi connectivity index (χ0v) is 20.9. The van der Waals surface area contributed by atoms with Gasteiger partial charge in [-0.25, -0.2) is 0 Å². The number of ether oxygens (including phenoxy) is 4. The van der Waals surface area contributed by atoms with Crippen molar-refractivity contribution in [1.29, 1.82) is 0 Å². The molecule has 4 rings (SSSR count). The average Bonchev–Trinajstić information content (AvgIpc) is 3.27. The summed E-state index contributed by atoms with van der Waals surface area (Å²) >= 11 is 0. The fourth-order valence-electron chi connectivity index (χ4n) is 4.39. The number of amides is 1. The summed E-state index contributed by atoms with van der Waals surface area (Å²) in [6, 6.07) is 17.4. The van der Waals surface area contributed by atoms with Crippen LogP contribution in [0.2, 0.25) is 0 Å². The van der Waals surface area contributed by atoms with Crippen molar-refractivity contribution in [2.75, 3.05) is 27.9 Å². The number of carbonyl (C=O) groups is 1. The average molecular weight is 499 g/mol. The Hall–Kier alpha value is -3.42. The van der Waals surface area contributed by atoms with Crippen LogP contribution in [0.1, 0.15) is 39.5 Å². The maximum atomic E-state index is 13.4. The van der Waals surface area contributed by atoms with E-state index in [4.69, 9.17) is 24.7 Å². The second-order valence-electron chi connectivity index (χ2n) is 8.07. The molecule has 3 aromatic carbocycles. The molecule has 0 fully saturated rings. The van der Waals surface area contributed by atoms with Gasteiger partial charge in [0.25, 0.3) is 5.91 Å². The highest BCUT2D eigenvalue weighted by atomic mass is 35.5. The monoisotopic (exact) mass is 498 g/mol. The summed E-state index contributed by atoms with van der Waals surface area (Å²) < 4.78 is 22.9. The molecule has 35 heavy (non-hydrogen) atoms. The third-order valence-electron chi connectivity index (χ3n) is 6.04. The van der Waals surface area contributed by atoms with Crippen molar-refractivity contribution in [3.05, 3.63) is 76.9 Å². The van der Waals surface area contributed by atoms with Gasteiger partial charge in [0.05, 0.1) is 32.9 Å². The minimum absolute atomic E-state index is 0. The van der Waals surface area contributed by atoms with Gasteiger partial charge in [-0.05, 0) is 54.6 Å². The Labute approximate surface area is 211 Å². The number of carbonyl (C=O) groups excluding carboxylic acids is 1. The summed E-state index contributed by atoms with van der Waals surface area (Å²) in [5.41, 5.74) is 9.46. The third kappa shape index (κ3) is 5.47. The molecule has 8 heteroatoms. The lowest BCUT2D eigenvalue weighted by Crippen LogP contribution is -2.27. The highest BCUT2D eigenvalue weighted by Gasteiger charge is 2.29. The van der Waals surface area contributed by atoms with Crippen LogP contribution < -0.4 is 30.0 Å². The predicted octanol–water partition coefficient (Wildman–Crippen LogP) is 4.85. The van der Waals surface area contributed by atoms with E-state index in [2.05, 4.69) is 17.4 Å². The first-order valence-electron chi connectivity index (χ1n) is 11.3. The zero-order valence-electron chi connectivity index (χ0n) is 20.1. The number of rotatable bonds is 9. The number of fused-ring (bicyclic) bond motifs is 1. The van der Waals surface area contributed by atoms with E-state index in [1.807, 2.05) is 36.4 Å². The van der Waals surface area contributed by atoms with Crippen molar-refractivity contribution >= 4 is 18.3 Å². The van der Waals surface area contributed by atoms with Gasteiger partial charge in [0.2, 0.25) is 11.5 Å². The number of nitrogens with one attached hydrogen (secondary N) is 1. The van der Waals surface area contributed by atoms with Crippen molar-refractivity contribution in [3.8, 4) is 28.7 Å². The maximum absolute atomic E-state index is 13.4. The first kappa shape index (κ1) is 26.2. The van der Waals surface area contributed by atoms with Crippen molar-refractivity contribution < 1.29 is 23.7 Å². The number of hydrogen-bond acceptors (Lipinski definition) is 6. The summed E-state index contributed by atoms with van der Waals surface area (Å²) in [4.78, 5) is 13.4. The Morgan fingerprint density at radius 3 is 2.31 bits per heavy atom. The topological polar surface area (TPSA) is 92.0 Å². The lowest BCUT2D eigenvalue weighted by molar-refractivity contribution is 0.0932. The molecule has 0 radical (unpaired) electrons. The normalized spacial score (nSPS) is 13.9. The number of methoxy groups -OCH3 is 3. The van der Waals surface area contributed by atoms with Crippen LogP contribution in [0.15, 0.2) is 54.6 Å². The third-order valence-corrected chi connectivity index (χ3v) is 6.04. The van der Waals surface area contributed by atoms with Gasteiger partial charge < -0.3 is 30.0 Å². The van der Waals surface area contributed by atoms with Crippen molar-refractivity contribution in [2.45, 2.75) is 25.3 Å². The lowest BCUT2D eigenvalue weighted by Gasteiger charge is -2.20. The fraction of sp³-hybridized carbons (Fsp3) is 0.296. The molecule has 1 amide bonds. The van der Waals surface area contributed by atoms with Crippen LogP contribution in [0.4, 0.5) is 0 Å². The molecule has 0 saturated carbocycles. The van der Waals surface area contributed by atoms with E-state index in [9.17, 15) is 4.79 Å². The summed E-state index contributed by atoms with van der Waals surface area (Å²) in [7, 11) is 4.51. The van der Waals surface area contributed by atoms with E-state index in [1.54, 1.807) is 6.07 Å². The Morgan fingerprint density at radius 2 is 1.66 bits per heavy atom. The Morgan fingerprint density at radius 1 is 0.971 bits per heavy atom. The van der Waals surface area contributed by atoms with Gasteiger partial charge >= 0.3 is 0 Å². The molecule has 186 valence electrons. The standard InChI is InChI=1S/C27H30N2O5.ClH/c1-31-24-21(27(30)29-22-13-10-18-6-4-5-7-20(18)22)16-23(25(32-2)26(24)33-3)34-19-11-8-17(9-12-19)14-15-28;/h4-9,11-12,16,22H,10,13-15,28H2,1-3H3,(H,29,30);1H. The molecule has 0 aromatic heterocycles. The van der Waals surface area contributed by atoms with Crippen LogP contribution in [0.25, 0.3) is 0 Å². The number of hydrogen-bond donors (Lipinski definition) is 2. The smallest absolute Gasteiger partial charge is 0.255 e. The molecule has 0 heterocycles. The molecule has 1 aliphatic rings. The van der Waals surface area contributed by atoms with Gasteiger partial charge in [-0.15, -0.1) is 12.4 Å². The van der Waals surface area contributed by atoms with E-state index in [0.717, 1.165) is 30.4 Å². The molecule has 0 spiro atoms. The van der Waals surface area contributed by atoms with Crippen LogP contribution in [0.3, 0.4) is 0 Å². The Balaban J connectivity index is 0.00000342. The number of aryl methyl sites for hydroxylation is 1. The number of halogens is 1. The van der Waals surface area contributed by atoms with Crippen LogP contribution in [0.5, 0.6) is 28.7 Å². The van der Waals surface area contributed by atoms with Crippen LogP contribution in [-0.2, 0) is 12.8 Å². The van der Waals surface area contributed by atoms with Crippen LogP contribution in [0, 0.1) is 0 Å². The summed E-state index contributed by atoms with van der Waals surface area (Å²) in [5.74, 6) is 1.59. The molecule has 0 bridgehead atoms. The molecular formula is C27H31ClN2O5. The van der Waals surface area contributed by atoms with Gasteiger partial charge in [-0.1, -0.05) is 36.4 Å². The zero-order chi connectivity index (χ0) is 24.1. The second kappa shape index (κ2) is 11.8. The van der Waals surface area contributed by atoms with E-state index >= 15 is 0 Å². The minimum Gasteiger partial charge on any atom is -0.492 e. The highest BCUT2D eigenvalue weighted by molar-refractivity contribution is 5.99. The SMILES string of the molecule is COc1c(Oc2ccc(CCN)cc2)cc(C(=O)NC2CCc3ccccc32)c(OC)c1OC.Cl. The molecular weight excluding hydrogens is 468 g/mol. The summed E-state index contributed by atoms with van der Waals surface area (Å²) in [6.07, 6.45) is 2.56. The molecule has 0 aliphatic heterocycles. The molecule has 0 saturated heterocycles. The van der Waals surface area contributed by atoms with Crippen LogP contribution in [-0.4, -0.2) is 33.8 Å². The van der Waals surface area contributed by atoms with Gasteiger partial charge in [-0.2, -0.15) is 0 Å². The quantitative estimate of drug-likeness (QED) is 0.438. The van der Waals surface area contributed by atoms with E-state index in [0.29, 0.717) is 35.1 Å². The number of benzene rings is 3. The largest absolute Gasteiger partial charge is 0.492 e. The lowest BCUT2D eigenvalue weighted by atomic mass is 10.1. The predicted molar refractivity (Wildman–Crippen MR) is 138 cm³/mol. The molecule has 1 atom stereocenters. The fourth-order valence-corrected chi connectivity index (χ4v) is 4.39. The second-order valence-corrected chi connectivity index (χ2v) is 8.07. The molecule has 1 aliphatic carbocycles. The van der Waals surface area contributed by atoms with Gasteiger partial charge in [0, 0.05) is 6.07 Å². The Kier molecular flexibility index (Phi) is 8.84. The molecule has 3 aromatic rings. The van der Waals surface area contributed by atoms with E-state index in [-0.39, 0.29) is 30.1 Å². The van der Waals surface area contributed by atoms with E-state index in [1.165, 1.54) is 26.9 Å². The molecule has 1 unspecified atom stereocenters. The van der Waals surface area contributed by atoms with Gasteiger partial charge in [0.15, 0.2) is 11.5 Å². The van der Waals surface area contributed by atoms with E-state index < -0.39 is 0 Å². The van der Waals surface area contributed by atoms with Gasteiger partial charge in [-0.3, -0.25) is 4.79 Å². The molecule has 7 nitrogen and oxygen atoms in total. The summed E-state index contributed by atoms with van der Waals surface area (Å²) in [6.45, 7) is 0.577. The van der Waals surface area contributed by atoms with Crippen molar-refractivity contribution in [2.24, 2.45) is 5.73 Å². The summed E-state index contributed by atoms with van der Waals surface area (Å²) in [5, 5.41) is 3.14. The first-order chi connectivity index (χ1) is 16.6. The highest BCUT2D eigenvalue weighted by Crippen LogP contribution is 2.48. The van der Waals surface area contributed by atoms with Gasteiger partial charge in [0.1, 0.15) is 5.75 Å². The Bertz CT molecular complexity index is 1170. The van der Waals surface area contributed by atoms with Crippen molar-refractivity contribution in [3.63, 3.8) is 0 Å².